The molecule has 2 nitrogen and oxygen atoms in total. The normalized spacial score (nSPS) is 11.0. The van der Waals surface area contributed by atoms with Gasteiger partial charge in [-0.3, -0.25) is 4.98 Å². The highest BCUT2D eigenvalue weighted by molar-refractivity contribution is 7.98. The molecule has 0 saturated carbocycles. The predicted molar refractivity (Wildman–Crippen MR) is 98.8 cm³/mol. The molecule has 2 aromatic heterocycles. The lowest BCUT2D eigenvalue weighted by molar-refractivity contribution is 0.628. The first-order valence-corrected chi connectivity index (χ1v) is 9.33. The Balaban J connectivity index is 1.53. The van der Waals surface area contributed by atoms with Gasteiger partial charge in [0.2, 0.25) is 0 Å². The number of halogens is 1. The lowest BCUT2D eigenvalue weighted by atomic mass is 10.2. The summed E-state index contributed by atoms with van der Waals surface area (Å²) < 4.78 is 13.0. The molecule has 0 bridgehead atoms. The number of nitrogens with zero attached hydrogens (tertiary/aromatic N) is 2. The lowest BCUT2D eigenvalue weighted by Crippen LogP contribution is -1.85. The topological polar surface area (TPSA) is 25.8 Å². The number of fused-ring (bicyclic) bond motifs is 1. The number of aromatic nitrogens is 2. The maximum atomic E-state index is 13.0. The van der Waals surface area contributed by atoms with Gasteiger partial charge in [-0.15, -0.1) is 23.1 Å². The minimum absolute atomic E-state index is 0.226. The Morgan fingerprint density at radius 3 is 2.71 bits per heavy atom. The van der Waals surface area contributed by atoms with Crippen molar-refractivity contribution < 1.29 is 4.39 Å². The molecule has 5 heteroatoms. The third-order valence-corrected chi connectivity index (χ3v) is 5.67. The summed E-state index contributed by atoms with van der Waals surface area (Å²) in [6.07, 6.45) is 1.84. The number of pyridine rings is 1. The van der Waals surface area contributed by atoms with Crippen LogP contribution in [0.2, 0.25) is 0 Å². The maximum absolute atomic E-state index is 13.0. The molecule has 24 heavy (non-hydrogen) atoms. The minimum atomic E-state index is -0.226. The van der Waals surface area contributed by atoms with Crippen LogP contribution in [0.3, 0.4) is 0 Å². The van der Waals surface area contributed by atoms with Crippen molar-refractivity contribution in [3.8, 4) is 10.6 Å². The van der Waals surface area contributed by atoms with Crippen LogP contribution in [0, 0.1) is 5.82 Å². The molecular formula is C19H13FN2S2. The highest BCUT2D eigenvalue weighted by Crippen LogP contribution is 2.31. The van der Waals surface area contributed by atoms with E-state index in [0.29, 0.717) is 0 Å². The van der Waals surface area contributed by atoms with E-state index in [1.807, 2.05) is 30.5 Å². The molecule has 2 heterocycles. The molecule has 0 aliphatic heterocycles. The Bertz CT molecular complexity index is 975. The van der Waals surface area contributed by atoms with Gasteiger partial charge in [0.1, 0.15) is 10.8 Å². The highest BCUT2D eigenvalue weighted by atomic mass is 32.2. The van der Waals surface area contributed by atoms with E-state index in [9.17, 15) is 4.39 Å². The van der Waals surface area contributed by atoms with Gasteiger partial charge in [0.15, 0.2) is 0 Å². The second kappa shape index (κ2) is 6.71. The predicted octanol–water partition coefficient (Wildman–Crippen LogP) is 5.79. The van der Waals surface area contributed by atoms with E-state index in [2.05, 4.69) is 21.4 Å². The molecule has 4 rings (SSSR count). The average Bonchev–Trinajstić information content (AvgIpc) is 3.09. The Labute approximate surface area is 147 Å². The lowest BCUT2D eigenvalue weighted by Gasteiger charge is -2.04. The number of para-hydroxylation sites is 1. The van der Waals surface area contributed by atoms with E-state index in [0.717, 1.165) is 27.5 Å². The number of hydrogen-bond acceptors (Lipinski definition) is 4. The first kappa shape index (κ1) is 15.3. The minimum Gasteiger partial charge on any atom is -0.256 e. The first-order valence-electron chi connectivity index (χ1n) is 7.46. The van der Waals surface area contributed by atoms with Gasteiger partial charge in [0, 0.05) is 33.2 Å². The van der Waals surface area contributed by atoms with Crippen LogP contribution in [0.15, 0.2) is 71.1 Å². The van der Waals surface area contributed by atoms with Crippen LogP contribution in [0.4, 0.5) is 4.39 Å². The van der Waals surface area contributed by atoms with Gasteiger partial charge in [-0.25, -0.2) is 9.37 Å². The zero-order chi connectivity index (χ0) is 16.4. The van der Waals surface area contributed by atoms with Crippen molar-refractivity contribution in [1.29, 1.82) is 0 Å². The summed E-state index contributed by atoms with van der Waals surface area (Å²) >= 11 is 3.35. The van der Waals surface area contributed by atoms with Gasteiger partial charge < -0.3 is 0 Å². The van der Waals surface area contributed by atoms with Crippen molar-refractivity contribution in [2.24, 2.45) is 0 Å². The molecule has 0 atom stereocenters. The number of hydrogen-bond donors (Lipinski definition) is 0. The van der Waals surface area contributed by atoms with Crippen LogP contribution in [-0.2, 0) is 5.75 Å². The van der Waals surface area contributed by atoms with Gasteiger partial charge in [-0.1, -0.05) is 18.2 Å². The number of thiazole rings is 1. The van der Waals surface area contributed by atoms with E-state index < -0.39 is 0 Å². The standard InChI is InChI=1S/C19H13FN2S2/c20-14-7-5-13(6-8-14)19-22-15(12-24-19)11-23-18-9-10-21-17-4-2-1-3-16(17)18/h1-10,12H,11H2. The van der Waals surface area contributed by atoms with Crippen molar-refractivity contribution >= 4 is 34.0 Å². The Morgan fingerprint density at radius 1 is 1.00 bits per heavy atom. The zero-order valence-electron chi connectivity index (χ0n) is 12.6. The van der Waals surface area contributed by atoms with Crippen molar-refractivity contribution in [3.05, 3.63) is 77.7 Å². The molecule has 0 radical (unpaired) electrons. The third-order valence-electron chi connectivity index (χ3n) is 3.63. The molecule has 0 aliphatic rings. The second-order valence-electron chi connectivity index (χ2n) is 5.27. The van der Waals surface area contributed by atoms with Crippen LogP contribution in [-0.4, -0.2) is 9.97 Å². The van der Waals surface area contributed by atoms with Gasteiger partial charge in [-0.2, -0.15) is 0 Å². The summed E-state index contributed by atoms with van der Waals surface area (Å²) in [5.41, 5.74) is 2.99. The van der Waals surface area contributed by atoms with Gasteiger partial charge in [-0.05, 0) is 36.4 Å². The van der Waals surface area contributed by atoms with Gasteiger partial charge >= 0.3 is 0 Å². The van der Waals surface area contributed by atoms with Crippen molar-refractivity contribution in [2.75, 3.05) is 0 Å². The van der Waals surface area contributed by atoms with E-state index >= 15 is 0 Å². The van der Waals surface area contributed by atoms with Crippen molar-refractivity contribution in [2.45, 2.75) is 10.6 Å². The SMILES string of the molecule is Fc1ccc(-c2nc(CSc3ccnc4ccccc34)cs2)cc1. The fraction of sp³-hybridized carbons (Fsp3) is 0.0526. The summed E-state index contributed by atoms with van der Waals surface area (Å²) in [5.74, 6) is 0.571. The summed E-state index contributed by atoms with van der Waals surface area (Å²) in [5, 5.41) is 4.15. The summed E-state index contributed by atoms with van der Waals surface area (Å²) in [6, 6.07) is 16.7. The number of rotatable bonds is 4. The van der Waals surface area contributed by atoms with E-state index in [-0.39, 0.29) is 5.82 Å². The van der Waals surface area contributed by atoms with Gasteiger partial charge in [0.25, 0.3) is 0 Å². The van der Waals surface area contributed by atoms with Crippen LogP contribution in [0.5, 0.6) is 0 Å². The molecule has 0 amide bonds. The number of thioether (sulfide) groups is 1. The summed E-state index contributed by atoms with van der Waals surface area (Å²) in [4.78, 5) is 10.3. The fourth-order valence-corrected chi connectivity index (χ4v) is 4.31. The van der Waals surface area contributed by atoms with Crippen molar-refractivity contribution in [3.63, 3.8) is 0 Å². The van der Waals surface area contributed by atoms with Crippen LogP contribution in [0.1, 0.15) is 5.69 Å². The van der Waals surface area contributed by atoms with E-state index in [1.54, 1.807) is 35.2 Å². The van der Waals surface area contributed by atoms with Crippen LogP contribution < -0.4 is 0 Å². The van der Waals surface area contributed by atoms with Crippen LogP contribution >= 0.6 is 23.1 Å². The van der Waals surface area contributed by atoms with Crippen molar-refractivity contribution in [1.82, 2.24) is 9.97 Å². The van der Waals surface area contributed by atoms with E-state index in [1.165, 1.54) is 22.4 Å². The molecule has 4 aromatic rings. The smallest absolute Gasteiger partial charge is 0.123 e. The monoisotopic (exact) mass is 352 g/mol. The maximum Gasteiger partial charge on any atom is 0.123 e. The molecule has 0 saturated heterocycles. The highest BCUT2D eigenvalue weighted by Gasteiger charge is 2.07. The Hall–Kier alpha value is -2.24. The molecule has 0 spiro atoms. The molecule has 0 aliphatic carbocycles. The molecular weight excluding hydrogens is 339 g/mol. The van der Waals surface area contributed by atoms with Gasteiger partial charge in [0.05, 0.1) is 11.2 Å². The molecule has 2 aromatic carbocycles. The first-order chi connectivity index (χ1) is 11.8. The molecule has 0 fully saturated rings. The Morgan fingerprint density at radius 2 is 1.83 bits per heavy atom. The third kappa shape index (κ3) is 3.18. The fourth-order valence-electron chi connectivity index (χ4n) is 2.45. The van der Waals surface area contributed by atoms with Crippen LogP contribution in [0.25, 0.3) is 21.5 Å². The second-order valence-corrected chi connectivity index (χ2v) is 7.14. The Kier molecular flexibility index (Phi) is 4.28. The summed E-state index contributed by atoms with van der Waals surface area (Å²) in [7, 11) is 0. The zero-order valence-corrected chi connectivity index (χ0v) is 14.3. The quantitative estimate of drug-likeness (QED) is 0.435. The number of benzene rings is 2. The summed E-state index contributed by atoms with van der Waals surface area (Å²) in [6.45, 7) is 0. The molecule has 0 unspecified atom stereocenters. The molecule has 118 valence electrons. The van der Waals surface area contributed by atoms with E-state index in [4.69, 9.17) is 0 Å². The average molecular weight is 352 g/mol. The molecule has 0 N–H and O–H groups in total. The largest absolute Gasteiger partial charge is 0.256 e.